The summed E-state index contributed by atoms with van der Waals surface area (Å²) >= 11 is 0. The number of carbonyl (C=O) groups is 1. The van der Waals surface area contributed by atoms with E-state index in [9.17, 15) is 4.79 Å². The van der Waals surface area contributed by atoms with Gasteiger partial charge >= 0.3 is 0 Å². The molecule has 1 aromatic rings. The summed E-state index contributed by atoms with van der Waals surface area (Å²) in [4.78, 5) is 11.7. The Bertz CT molecular complexity index is 326. The van der Waals surface area contributed by atoms with Gasteiger partial charge in [0.25, 0.3) is 0 Å². The molecule has 1 aliphatic rings. The molecule has 0 N–H and O–H groups in total. The average Bonchev–Trinajstić information content (AvgIpc) is 2.84. The fourth-order valence-corrected chi connectivity index (χ4v) is 2.21. The Hall–Kier alpha value is -1.15. The van der Waals surface area contributed by atoms with Gasteiger partial charge in [-0.1, -0.05) is 43.2 Å². The normalized spacial score (nSPS) is 16.5. The number of carbonyl (C=O) groups excluding carboxylic acids is 1. The number of ether oxygens (including phenoxy) is 1. The van der Waals surface area contributed by atoms with Crippen LogP contribution in [0.2, 0.25) is 0 Å². The summed E-state index contributed by atoms with van der Waals surface area (Å²) in [5.41, 5.74) is 1.13. The first-order valence-corrected chi connectivity index (χ1v) is 6.00. The summed E-state index contributed by atoms with van der Waals surface area (Å²) in [7, 11) is 0. The molecule has 0 aromatic heterocycles. The predicted octanol–water partition coefficient (Wildman–Crippen LogP) is 2.96. The lowest BCUT2D eigenvalue weighted by molar-refractivity contribution is -0.127. The van der Waals surface area contributed by atoms with E-state index < -0.39 is 0 Å². The number of rotatable bonds is 5. The van der Waals surface area contributed by atoms with Crippen molar-refractivity contribution in [3.05, 3.63) is 35.9 Å². The largest absolute Gasteiger partial charge is 0.369 e. The Labute approximate surface area is 96.6 Å². The molecule has 0 aliphatic heterocycles. The van der Waals surface area contributed by atoms with Crippen molar-refractivity contribution in [1.29, 1.82) is 0 Å². The van der Waals surface area contributed by atoms with Crippen molar-refractivity contribution in [3.63, 3.8) is 0 Å². The van der Waals surface area contributed by atoms with Crippen LogP contribution < -0.4 is 0 Å². The molecule has 0 heterocycles. The summed E-state index contributed by atoms with van der Waals surface area (Å²) in [6.45, 7) is 0.818. The Kier molecular flexibility index (Phi) is 4.11. The standard InChI is InChI=1S/C14H18O2/c15-14(13-8-4-5-9-13)11-16-10-12-6-2-1-3-7-12/h1-3,6-7,13H,4-5,8-11H2. The molecule has 86 valence electrons. The second kappa shape index (κ2) is 5.80. The molecule has 1 aliphatic carbocycles. The Morgan fingerprint density at radius 3 is 2.56 bits per heavy atom. The quantitative estimate of drug-likeness (QED) is 0.759. The molecule has 0 radical (unpaired) electrons. The number of hydrogen-bond acceptors (Lipinski definition) is 2. The monoisotopic (exact) mass is 218 g/mol. The first-order chi connectivity index (χ1) is 7.86. The molecule has 2 rings (SSSR count). The zero-order valence-electron chi connectivity index (χ0n) is 9.52. The zero-order chi connectivity index (χ0) is 11.2. The highest BCUT2D eigenvalue weighted by Crippen LogP contribution is 2.25. The van der Waals surface area contributed by atoms with Crippen LogP contribution in [0.4, 0.5) is 0 Å². The van der Waals surface area contributed by atoms with Crippen molar-refractivity contribution in [3.8, 4) is 0 Å². The van der Waals surface area contributed by atoms with Gasteiger partial charge in [0.1, 0.15) is 6.61 Å². The summed E-state index contributed by atoms with van der Waals surface area (Å²) in [6.07, 6.45) is 4.53. The molecule has 0 bridgehead atoms. The molecule has 1 fully saturated rings. The second-order valence-electron chi connectivity index (χ2n) is 4.43. The van der Waals surface area contributed by atoms with E-state index in [1.165, 1.54) is 12.8 Å². The van der Waals surface area contributed by atoms with Crippen molar-refractivity contribution in [2.24, 2.45) is 5.92 Å². The third kappa shape index (κ3) is 3.17. The minimum absolute atomic E-state index is 0.274. The number of benzene rings is 1. The molecule has 0 atom stereocenters. The van der Waals surface area contributed by atoms with Gasteiger partial charge < -0.3 is 4.74 Å². The van der Waals surface area contributed by atoms with Crippen LogP contribution in [-0.4, -0.2) is 12.4 Å². The maximum atomic E-state index is 11.7. The van der Waals surface area contributed by atoms with Crippen molar-refractivity contribution < 1.29 is 9.53 Å². The minimum atomic E-state index is 0.274. The highest BCUT2D eigenvalue weighted by atomic mass is 16.5. The molecule has 0 amide bonds. The molecule has 2 heteroatoms. The lowest BCUT2D eigenvalue weighted by Gasteiger charge is -2.08. The maximum absolute atomic E-state index is 11.7. The van der Waals surface area contributed by atoms with Crippen LogP contribution in [0.3, 0.4) is 0 Å². The molecule has 0 spiro atoms. The smallest absolute Gasteiger partial charge is 0.161 e. The fourth-order valence-electron chi connectivity index (χ4n) is 2.21. The van der Waals surface area contributed by atoms with Gasteiger partial charge in [-0.3, -0.25) is 4.79 Å². The van der Waals surface area contributed by atoms with E-state index in [0.717, 1.165) is 18.4 Å². The molecule has 0 unspecified atom stereocenters. The van der Waals surface area contributed by atoms with Crippen LogP contribution in [-0.2, 0) is 16.1 Å². The van der Waals surface area contributed by atoms with Crippen molar-refractivity contribution in [1.82, 2.24) is 0 Å². The van der Waals surface area contributed by atoms with E-state index >= 15 is 0 Å². The van der Waals surface area contributed by atoms with E-state index in [2.05, 4.69) is 0 Å². The van der Waals surface area contributed by atoms with Crippen molar-refractivity contribution >= 4 is 5.78 Å². The summed E-state index contributed by atoms with van der Waals surface area (Å²) in [5, 5.41) is 0. The van der Waals surface area contributed by atoms with Crippen molar-refractivity contribution in [2.75, 3.05) is 6.61 Å². The van der Waals surface area contributed by atoms with Crippen LogP contribution in [0.5, 0.6) is 0 Å². The summed E-state index contributed by atoms with van der Waals surface area (Å²) in [6, 6.07) is 9.97. The average molecular weight is 218 g/mol. The highest BCUT2D eigenvalue weighted by Gasteiger charge is 2.22. The first kappa shape index (κ1) is 11.3. The molecular formula is C14H18O2. The van der Waals surface area contributed by atoms with Crippen LogP contribution in [0.25, 0.3) is 0 Å². The van der Waals surface area contributed by atoms with E-state index in [4.69, 9.17) is 4.74 Å². The minimum Gasteiger partial charge on any atom is -0.369 e. The molecular weight excluding hydrogens is 200 g/mol. The molecule has 0 saturated heterocycles. The van der Waals surface area contributed by atoms with E-state index in [1.807, 2.05) is 30.3 Å². The fraction of sp³-hybridized carbons (Fsp3) is 0.500. The van der Waals surface area contributed by atoms with Crippen molar-refractivity contribution in [2.45, 2.75) is 32.3 Å². The summed E-state index contributed by atoms with van der Waals surface area (Å²) < 4.78 is 5.44. The predicted molar refractivity (Wildman–Crippen MR) is 63.1 cm³/mol. The lowest BCUT2D eigenvalue weighted by Crippen LogP contribution is -2.17. The number of Topliss-reactive ketones (excluding diaryl/α,β-unsaturated/α-hetero) is 1. The Balaban J connectivity index is 1.70. The van der Waals surface area contributed by atoms with Gasteiger partial charge in [0.15, 0.2) is 5.78 Å². The third-order valence-corrected chi connectivity index (χ3v) is 3.17. The van der Waals surface area contributed by atoms with E-state index in [1.54, 1.807) is 0 Å². The van der Waals surface area contributed by atoms with E-state index in [-0.39, 0.29) is 18.3 Å². The zero-order valence-corrected chi connectivity index (χ0v) is 9.52. The van der Waals surface area contributed by atoms with Crippen LogP contribution in [0, 0.1) is 5.92 Å². The van der Waals surface area contributed by atoms with Gasteiger partial charge in [-0.25, -0.2) is 0 Å². The maximum Gasteiger partial charge on any atom is 0.161 e. The van der Waals surface area contributed by atoms with Gasteiger partial charge in [0.05, 0.1) is 6.61 Å². The third-order valence-electron chi connectivity index (χ3n) is 3.17. The van der Waals surface area contributed by atoms with Gasteiger partial charge in [0.2, 0.25) is 0 Å². The van der Waals surface area contributed by atoms with Gasteiger partial charge in [-0.15, -0.1) is 0 Å². The van der Waals surface area contributed by atoms with Gasteiger partial charge in [-0.05, 0) is 18.4 Å². The molecule has 16 heavy (non-hydrogen) atoms. The molecule has 1 aromatic carbocycles. The van der Waals surface area contributed by atoms with Crippen LogP contribution in [0.15, 0.2) is 30.3 Å². The lowest BCUT2D eigenvalue weighted by atomic mass is 10.0. The highest BCUT2D eigenvalue weighted by molar-refractivity contribution is 5.82. The van der Waals surface area contributed by atoms with Crippen LogP contribution >= 0.6 is 0 Å². The molecule has 2 nitrogen and oxygen atoms in total. The van der Waals surface area contributed by atoms with Crippen LogP contribution in [0.1, 0.15) is 31.2 Å². The summed E-state index contributed by atoms with van der Waals surface area (Å²) in [5.74, 6) is 0.559. The molecule has 1 saturated carbocycles. The number of ketones is 1. The number of hydrogen-bond donors (Lipinski definition) is 0. The first-order valence-electron chi connectivity index (χ1n) is 6.00. The van der Waals surface area contributed by atoms with E-state index in [0.29, 0.717) is 6.61 Å². The Morgan fingerprint density at radius 1 is 1.19 bits per heavy atom. The topological polar surface area (TPSA) is 26.3 Å². The van der Waals surface area contributed by atoms with Gasteiger partial charge in [0, 0.05) is 5.92 Å². The Morgan fingerprint density at radius 2 is 1.88 bits per heavy atom. The second-order valence-corrected chi connectivity index (χ2v) is 4.43. The SMILES string of the molecule is O=C(COCc1ccccc1)C1CCCC1. The van der Waals surface area contributed by atoms with Gasteiger partial charge in [-0.2, -0.15) is 0 Å².